The zero-order valence-electron chi connectivity index (χ0n) is 11.9. The minimum Gasteiger partial charge on any atom is -0.394 e. The van der Waals surface area contributed by atoms with Crippen LogP contribution in [0.15, 0.2) is 30.5 Å². The van der Waals surface area contributed by atoms with Gasteiger partial charge < -0.3 is 25.2 Å². The van der Waals surface area contributed by atoms with E-state index in [9.17, 15) is 20.4 Å². The molecule has 0 aliphatic carbocycles. The maximum Gasteiger partial charge on any atom is 0.180 e. The summed E-state index contributed by atoms with van der Waals surface area (Å²) in [5.41, 5.74) is 1.23. The summed E-state index contributed by atoms with van der Waals surface area (Å²) >= 11 is 5.94. The van der Waals surface area contributed by atoms with Gasteiger partial charge in [0, 0.05) is 10.6 Å². The summed E-state index contributed by atoms with van der Waals surface area (Å²) in [5, 5.41) is 47.3. The van der Waals surface area contributed by atoms with Gasteiger partial charge in [-0.2, -0.15) is 0 Å². The lowest BCUT2D eigenvalue weighted by molar-refractivity contribution is -0.254. The average Bonchev–Trinajstić information content (AvgIpc) is 3.03. The van der Waals surface area contributed by atoms with Gasteiger partial charge in [-0.3, -0.25) is 0 Å². The Kier molecular flexibility index (Phi) is 4.62. The molecule has 1 aliphatic heterocycles. The number of hydrogen-bond donors (Lipinski definition) is 4. The third-order valence-corrected chi connectivity index (χ3v) is 3.99. The summed E-state index contributed by atoms with van der Waals surface area (Å²) in [5.74, 6) is 0. The van der Waals surface area contributed by atoms with Gasteiger partial charge in [-0.25, -0.2) is 4.68 Å². The molecule has 1 aliphatic rings. The molecule has 124 valence electrons. The van der Waals surface area contributed by atoms with Crippen LogP contribution in [0.25, 0.3) is 11.3 Å². The van der Waals surface area contributed by atoms with Crippen LogP contribution in [0.2, 0.25) is 5.02 Å². The molecule has 9 heteroatoms. The van der Waals surface area contributed by atoms with Crippen LogP contribution < -0.4 is 0 Å². The molecule has 2 heterocycles. The minimum atomic E-state index is -1.47. The lowest BCUT2D eigenvalue weighted by Crippen LogP contribution is -2.56. The summed E-state index contributed by atoms with van der Waals surface area (Å²) in [6.07, 6.45) is -4.85. The highest BCUT2D eigenvalue weighted by atomic mass is 35.5. The lowest BCUT2D eigenvalue weighted by Gasteiger charge is -2.39. The van der Waals surface area contributed by atoms with Crippen LogP contribution >= 0.6 is 11.6 Å². The Hall–Kier alpha value is -1.55. The van der Waals surface area contributed by atoms with Crippen LogP contribution in [-0.2, 0) is 4.74 Å². The van der Waals surface area contributed by atoms with Crippen molar-refractivity contribution in [3.05, 3.63) is 35.5 Å². The average molecular weight is 342 g/mol. The molecule has 1 fully saturated rings. The van der Waals surface area contributed by atoms with Gasteiger partial charge in [0.1, 0.15) is 30.1 Å². The highest BCUT2D eigenvalue weighted by Crippen LogP contribution is 2.29. The second-order valence-electron chi connectivity index (χ2n) is 5.31. The van der Waals surface area contributed by atoms with E-state index in [1.807, 2.05) is 0 Å². The van der Waals surface area contributed by atoms with Crippen molar-refractivity contribution in [2.24, 2.45) is 0 Å². The monoisotopic (exact) mass is 341 g/mol. The highest BCUT2D eigenvalue weighted by Gasteiger charge is 2.44. The summed E-state index contributed by atoms with van der Waals surface area (Å²) in [7, 11) is 0. The molecule has 4 N–H and O–H groups in total. The number of ether oxygens (including phenoxy) is 1. The van der Waals surface area contributed by atoms with Crippen molar-refractivity contribution in [1.29, 1.82) is 0 Å². The molecule has 0 saturated carbocycles. The van der Waals surface area contributed by atoms with Gasteiger partial charge >= 0.3 is 0 Å². The number of nitrogens with zero attached hydrogens (tertiary/aromatic N) is 3. The Morgan fingerprint density at radius 2 is 1.96 bits per heavy atom. The topological polar surface area (TPSA) is 121 Å². The van der Waals surface area contributed by atoms with Gasteiger partial charge in [0.2, 0.25) is 0 Å². The quantitative estimate of drug-likeness (QED) is 0.597. The Morgan fingerprint density at radius 3 is 2.65 bits per heavy atom. The van der Waals surface area contributed by atoms with Gasteiger partial charge in [-0.1, -0.05) is 28.9 Å². The zero-order valence-corrected chi connectivity index (χ0v) is 12.7. The molecule has 0 unspecified atom stereocenters. The summed E-state index contributed by atoms with van der Waals surface area (Å²) in [4.78, 5) is 0. The van der Waals surface area contributed by atoms with E-state index >= 15 is 0 Å². The molecule has 5 atom stereocenters. The van der Waals surface area contributed by atoms with E-state index in [4.69, 9.17) is 16.3 Å². The van der Waals surface area contributed by atoms with E-state index in [2.05, 4.69) is 10.3 Å². The van der Waals surface area contributed by atoms with Crippen molar-refractivity contribution in [3.63, 3.8) is 0 Å². The number of hydrogen-bond acceptors (Lipinski definition) is 7. The number of aromatic nitrogens is 3. The van der Waals surface area contributed by atoms with E-state index < -0.39 is 37.3 Å². The van der Waals surface area contributed by atoms with Gasteiger partial charge in [0.15, 0.2) is 6.23 Å². The van der Waals surface area contributed by atoms with Crippen molar-refractivity contribution in [2.75, 3.05) is 6.61 Å². The minimum absolute atomic E-state index is 0.503. The first-order valence-electron chi connectivity index (χ1n) is 6.99. The molecule has 1 saturated heterocycles. The fraction of sp³-hybridized carbons (Fsp3) is 0.429. The van der Waals surface area contributed by atoms with Crippen LogP contribution in [-0.4, -0.2) is 66.4 Å². The van der Waals surface area contributed by atoms with E-state index in [-0.39, 0.29) is 0 Å². The molecule has 3 rings (SSSR count). The number of benzene rings is 1. The highest BCUT2D eigenvalue weighted by molar-refractivity contribution is 6.30. The molecule has 0 radical (unpaired) electrons. The Bertz CT molecular complexity index is 680. The van der Waals surface area contributed by atoms with Crippen molar-refractivity contribution < 1.29 is 25.2 Å². The van der Waals surface area contributed by atoms with Crippen molar-refractivity contribution >= 4 is 11.6 Å². The molecule has 0 bridgehead atoms. The molecule has 0 amide bonds. The Labute approximate surface area is 136 Å². The Morgan fingerprint density at radius 1 is 1.17 bits per heavy atom. The van der Waals surface area contributed by atoms with E-state index in [1.165, 1.54) is 10.9 Å². The molecule has 0 spiro atoms. The first-order chi connectivity index (χ1) is 11.0. The third-order valence-electron chi connectivity index (χ3n) is 3.76. The number of aliphatic hydroxyl groups excluding tert-OH is 4. The van der Waals surface area contributed by atoms with Gasteiger partial charge in [-0.05, 0) is 12.1 Å². The third kappa shape index (κ3) is 3.09. The summed E-state index contributed by atoms with van der Waals surface area (Å²) in [6.45, 7) is -0.503. The molecule has 23 heavy (non-hydrogen) atoms. The Balaban J connectivity index is 1.87. The normalized spacial score (nSPS) is 31.3. The molecule has 1 aromatic carbocycles. The largest absolute Gasteiger partial charge is 0.394 e. The first kappa shape index (κ1) is 16.3. The predicted molar refractivity (Wildman–Crippen MR) is 79.5 cm³/mol. The standard InChI is InChI=1S/C14H16ClN3O5/c15-8-3-1-2-7(4-8)9-5-18(17-16-9)14-13(22)12(21)11(20)10(6-19)23-14/h1-5,10-14,19-22H,6H2/t10-,11-,12+,13+,14+/m1/s1. The van der Waals surface area contributed by atoms with Gasteiger partial charge in [-0.15, -0.1) is 5.10 Å². The fourth-order valence-corrected chi connectivity index (χ4v) is 2.67. The van der Waals surface area contributed by atoms with E-state index in [0.717, 1.165) is 5.56 Å². The molecule has 2 aromatic rings. The molecular formula is C14H16ClN3O5. The van der Waals surface area contributed by atoms with E-state index in [1.54, 1.807) is 24.3 Å². The number of aliphatic hydroxyl groups is 4. The van der Waals surface area contributed by atoms with Crippen molar-refractivity contribution in [3.8, 4) is 11.3 Å². The first-order valence-corrected chi connectivity index (χ1v) is 7.37. The molecule has 8 nitrogen and oxygen atoms in total. The van der Waals surface area contributed by atoms with Crippen LogP contribution in [0, 0.1) is 0 Å². The SMILES string of the molecule is OC[C@H]1O[C@H](n2cc(-c3cccc(Cl)c3)nn2)[C@@H](O)[C@@H](O)[C@@H]1O. The summed E-state index contributed by atoms with van der Waals surface area (Å²) < 4.78 is 6.65. The second kappa shape index (κ2) is 6.52. The lowest BCUT2D eigenvalue weighted by atomic mass is 9.98. The molecular weight excluding hydrogens is 326 g/mol. The second-order valence-corrected chi connectivity index (χ2v) is 5.75. The van der Waals surface area contributed by atoms with Crippen LogP contribution in [0.1, 0.15) is 6.23 Å². The van der Waals surface area contributed by atoms with Crippen LogP contribution in [0.4, 0.5) is 0 Å². The smallest absolute Gasteiger partial charge is 0.180 e. The maximum atomic E-state index is 10.1. The van der Waals surface area contributed by atoms with Crippen molar-refractivity contribution in [1.82, 2.24) is 15.0 Å². The van der Waals surface area contributed by atoms with Crippen LogP contribution in [0.3, 0.4) is 0 Å². The van der Waals surface area contributed by atoms with Crippen molar-refractivity contribution in [2.45, 2.75) is 30.6 Å². The van der Waals surface area contributed by atoms with E-state index in [0.29, 0.717) is 10.7 Å². The number of halogens is 1. The van der Waals surface area contributed by atoms with Gasteiger partial charge in [0.05, 0.1) is 12.8 Å². The summed E-state index contributed by atoms with van der Waals surface area (Å²) in [6, 6.07) is 7.01. The fourth-order valence-electron chi connectivity index (χ4n) is 2.48. The molecule has 1 aromatic heterocycles. The zero-order chi connectivity index (χ0) is 16.6. The van der Waals surface area contributed by atoms with Gasteiger partial charge in [0.25, 0.3) is 0 Å². The van der Waals surface area contributed by atoms with Crippen LogP contribution in [0.5, 0.6) is 0 Å². The number of rotatable bonds is 3. The predicted octanol–water partition coefficient (Wildman–Crippen LogP) is -0.429. The maximum absolute atomic E-state index is 10.1.